The molecule has 5 heteroatoms. The highest BCUT2D eigenvalue weighted by Gasteiger charge is 2.18. The first-order valence-electron chi connectivity index (χ1n) is 8.28. The van der Waals surface area contributed by atoms with Crippen molar-refractivity contribution < 1.29 is 14.6 Å². The van der Waals surface area contributed by atoms with Gasteiger partial charge in [0.1, 0.15) is 31.2 Å². The molecule has 0 aromatic heterocycles. The molecule has 2 aromatic rings. The van der Waals surface area contributed by atoms with Crippen molar-refractivity contribution in [1.82, 2.24) is 0 Å². The standard InChI is InChI=1S/C19H20BNO3/c20-18-8-7-16(9-14(18)12-22)23-17-6-5-13(11-21)19(10-17)24-15-3-1-2-4-15/h5-10,15,22H,1-4,12,20H2. The van der Waals surface area contributed by atoms with Gasteiger partial charge in [0.05, 0.1) is 18.3 Å². The number of aliphatic hydroxyl groups is 1. The molecule has 2 aromatic carbocycles. The van der Waals surface area contributed by atoms with Crippen molar-refractivity contribution in [2.75, 3.05) is 0 Å². The molecular formula is C19H20BNO3. The SMILES string of the molecule is Bc1ccc(Oc2ccc(C#N)c(OC3CCCC3)c2)cc1CO. The zero-order chi connectivity index (χ0) is 16.9. The molecule has 1 aliphatic rings. The summed E-state index contributed by atoms with van der Waals surface area (Å²) in [5.41, 5.74) is 2.38. The maximum atomic E-state index is 9.37. The summed E-state index contributed by atoms with van der Waals surface area (Å²) in [6.45, 7) is -0.0214. The minimum Gasteiger partial charge on any atom is -0.489 e. The van der Waals surface area contributed by atoms with Gasteiger partial charge in [-0.2, -0.15) is 5.26 Å². The van der Waals surface area contributed by atoms with Gasteiger partial charge in [-0.25, -0.2) is 0 Å². The maximum Gasteiger partial charge on any atom is 0.141 e. The Morgan fingerprint density at radius 2 is 1.83 bits per heavy atom. The predicted octanol–water partition coefficient (Wildman–Crippen LogP) is 2.42. The lowest BCUT2D eigenvalue weighted by molar-refractivity contribution is 0.209. The Kier molecular flexibility index (Phi) is 5.07. The summed E-state index contributed by atoms with van der Waals surface area (Å²) in [7, 11) is 1.95. The van der Waals surface area contributed by atoms with Gasteiger partial charge in [-0.1, -0.05) is 11.5 Å². The van der Waals surface area contributed by atoms with E-state index >= 15 is 0 Å². The number of aliphatic hydroxyl groups excluding tert-OH is 1. The van der Waals surface area contributed by atoms with E-state index in [0.717, 1.165) is 23.9 Å². The van der Waals surface area contributed by atoms with Gasteiger partial charge in [-0.3, -0.25) is 0 Å². The molecule has 0 unspecified atom stereocenters. The van der Waals surface area contributed by atoms with Crippen LogP contribution >= 0.6 is 0 Å². The van der Waals surface area contributed by atoms with Gasteiger partial charge >= 0.3 is 0 Å². The Labute approximate surface area is 143 Å². The van der Waals surface area contributed by atoms with Crippen LogP contribution in [0.5, 0.6) is 17.2 Å². The van der Waals surface area contributed by atoms with E-state index in [1.807, 2.05) is 26.0 Å². The van der Waals surface area contributed by atoms with E-state index in [9.17, 15) is 10.4 Å². The Bertz CT molecular complexity index is 764. The quantitative estimate of drug-likeness (QED) is 0.859. The summed E-state index contributed by atoms with van der Waals surface area (Å²) in [4.78, 5) is 0. The van der Waals surface area contributed by atoms with Crippen molar-refractivity contribution in [2.24, 2.45) is 0 Å². The smallest absolute Gasteiger partial charge is 0.141 e. The zero-order valence-corrected chi connectivity index (χ0v) is 13.8. The Hall–Kier alpha value is -2.45. The summed E-state index contributed by atoms with van der Waals surface area (Å²) < 4.78 is 11.9. The second-order valence-corrected chi connectivity index (χ2v) is 6.14. The minimum absolute atomic E-state index is 0.0214. The number of benzene rings is 2. The van der Waals surface area contributed by atoms with Crippen molar-refractivity contribution in [3.63, 3.8) is 0 Å². The average molecular weight is 321 g/mol. The zero-order valence-electron chi connectivity index (χ0n) is 13.8. The van der Waals surface area contributed by atoms with E-state index < -0.39 is 0 Å². The highest BCUT2D eigenvalue weighted by Crippen LogP contribution is 2.31. The van der Waals surface area contributed by atoms with Gasteiger partial charge in [0.15, 0.2) is 0 Å². The third-order valence-electron chi connectivity index (χ3n) is 4.40. The molecule has 1 aliphatic carbocycles. The van der Waals surface area contributed by atoms with Gasteiger partial charge in [0.25, 0.3) is 0 Å². The van der Waals surface area contributed by atoms with Crippen molar-refractivity contribution in [3.8, 4) is 23.3 Å². The van der Waals surface area contributed by atoms with Gasteiger partial charge in [-0.05, 0) is 55.5 Å². The summed E-state index contributed by atoms with van der Waals surface area (Å²) in [5.74, 6) is 1.85. The summed E-state index contributed by atoms with van der Waals surface area (Å²) in [6, 6.07) is 13.0. The number of hydrogen-bond donors (Lipinski definition) is 1. The second kappa shape index (κ2) is 7.42. The van der Waals surface area contributed by atoms with E-state index in [4.69, 9.17) is 9.47 Å². The van der Waals surface area contributed by atoms with Crippen molar-refractivity contribution >= 4 is 13.3 Å². The maximum absolute atomic E-state index is 9.37. The lowest BCUT2D eigenvalue weighted by atomic mass is 9.91. The fraction of sp³-hybridized carbons (Fsp3) is 0.316. The number of nitriles is 1. The number of ether oxygens (including phenoxy) is 2. The van der Waals surface area contributed by atoms with Crippen LogP contribution in [0.2, 0.25) is 0 Å². The fourth-order valence-corrected chi connectivity index (χ4v) is 2.96. The first-order valence-corrected chi connectivity index (χ1v) is 8.28. The molecule has 0 amide bonds. The molecule has 0 bridgehead atoms. The van der Waals surface area contributed by atoms with Crippen molar-refractivity contribution in [3.05, 3.63) is 47.5 Å². The van der Waals surface area contributed by atoms with Crippen LogP contribution in [0, 0.1) is 11.3 Å². The molecule has 1 fully saturated rings. The highest BCUT2D eigenvalue weighted by atomic mass is 16.5. The monoisotopic (exact) mass is 321 g/mol. The van der Waals surface area contributed by atoms with E-state index in [0.29, 0.717) is 22.8 Å². The summed E-state index contributed by atoms with van der Waals surface area (Å²) in [5, 5.41) is 18.6. The largest absolute Gasteiger partial charge is 0.489 e. The molecule has 122 valence electrons. The lowest BCUT2D eigenvalue weighted by Crippen LogP contribution is -2.12. The van der Waals surface area contributed by atoms with Crippen LogP contribution in [0.25, 0.3) is 0 Å². The molecule has 24 heavy (non-hydrogen) atoms. The average Bonchev–Trinajstić information content (AvgIpc) is 3.10. The molecule has 0 radical (unpaired) electrons. The first-order chi connectivity index (χ1) is 11.7. The minimum atomic E-state index is -0.0214. The molecule has 0 heterocycles. The molecule has 1 N–H and O–H groups in total. The van der Waals surface area contributed by atoms with Crippen LogP contribution < -0.4 is 14.9 Å². The number of rotatable bonds is 5. The molecule has 0 saturated heterocycles. The van der Waals surface area contributed by atoms with Crippen LogP contribution in [0.1, 0.15) is 36.8 Å². The highest BCUT2D eigenvalue weighted by molar-refractivity contribution is 6.33. The van der Waals surface area contributed by atoms with E-state index in [2.05, 4.69) is 6.07 Å². The van der Waals surface area contributed by atoms with Crippen LogP contribution in [0.4, 0.5) is 0 Å². The van der Waals surface area contributed by atoms with E-state index in [1.54, 1.807) is 18.2 Å². The number of hydrogen-bond acceptors (Lipinski definition) is 4. The predicted molar refractivity (Wildman–Crippen MR) is 94.7 cm³/mol. The molecular weight excluding hydrogens is 301 g/mol. The number of nitrogens with zero attached hydrogens (tertiary/aromatic N) is 1. The van der Waals surface area contributed by atoms with Crippen molar-refractivity contribution in [2.45, 2.75) is 38.4 Å². The Balaban J connectivity index is 1.82. The van der Waals surface area contributed by atoms with Crippen LogP contribution in [-0.2, 0) is 6.61 Å². The van der Waals surface area contributed by atoms with Crippen LogP contribution in [-0.4, -0.2) is 19.1 Å². The van der Waals surface area contributed by atoms with Crippen LogP contribution in [0.3, 0.4) is 0 Å². The lowest BCUT2D eigenvalue weighted by Gasteiger charge is -2.15. The van der Waals surface area contributed by atoms with Gasteiger partial charge in [0, 0.05) is 6.07 Å². The first kappa shape index (κ1) is 16.4. The van der Waals surface area contributed by atoms with Crippen molar-refractivity contribution in [1.29, 1.82) is 5.26 Å². The van der Waals surface area contributed by atoms with Crippen LogP contribution in [0.15, 0.2) is 36.4 Å². The fourth-order valence-electron chi connectivity index (χ4n) is 2.96. The molecule has 3 rings (SSSR count). The Morgan fingerprint density at radius 3 is 2.54 bits per heavy atom. The molecule has 0 spiro atoms. The second-order valence-electron chi connectivity index (χ2n) is 6.14. The van der Waals surface area contributed by atoms with Gasteiger partial charge in [0.2, 0.25) is 0 Å². The van der Waals surface area contributed by atoms with Gasteiger partial charge < -0.3 is 14.6 Å². The normalized spacial score (nSPS) is 14.3. The summed E-state index contributed by atoms with van der Waals surface area (Å²) in [6.07, 6.45) is 4.61. The molecule has 0 aliphatic heterocycles. The molecule has 4 nitrogen and oxygen atoms in total. The summed E-state index contributed by atoms with van der Waals surface area (Å²) >= 11 is 0. The third-order valence-corrected chi connectivity index (χ3v) is 4.40. The molecule has 1 saturated carbocycles. The Morgan fingerprint density at radius 1 is 1.12 bits per heavy atom. The van der Waals surface area contributed by atoms with E-state index in [-0.39, 0.29) is 12.7 Å². The molecule has 0 atom stereocenters. The van der Waals surface area contributed by atoms with Gasteiger partial charge in [-0.15, -0.1) is 0 Å². The topological polar surface area (TPSA) is 62.5 Å². The van der Waals surface area contributed by atoms with E-state index in [1.165, 1.54) is 12.8 Å². The third kappa shape index (κ3) is 3.72.